The summed E-state index contributed by atoms with van der Waals surface area (Å²) in [5, 5.41) is 0. The first-order valence-corrected chi connectivity index (χ1v) is 6.19. The zero-order valence-electron chi connectivity index (χ0n) is 10.4. The van der Waals surface area contributed by atoms with Crippen molar-refractivity contribution < 1.29 is 0 Å². The summed E-state index contributed by atoms with van der Waals surface area (Å²) < 4.78 is 0. The molecule has 0 nitrogen and oxygen atoms in total. The Morgan fingerprint density at radius 1 is 0.889 bits per heavy atom. The molecule has 0 atom stereocenters. The first-order chi connectivity index (χ1) is 8.83. The van der Waals surface area contributed by atoms with Crippen LogP contribution in [-0.2, 0) is 6.42 Å². The number of fused-ring (bicyclic) bond motifs is 1. The second kappa shape index (κ2) is 4.55. The molecule has 0 saturated heterocycles. The predicted octanol–water partition coefficient (Wildman–Crippen LogP) is 4.05. The average molecular weight is 230 g/mol. The molecule has 3 rings (SSSR count). The zero-order chi connectivity index (χ0) is 12.4. The van der Waals surface area contributed by atoms with Crippen LogP contribution in [0.2, 0.25) is 0 Å². The van der Waals surface area contributed by atoms with Crippen molar-refractivity contribution in [1.82, 2.24) is 0 Å². The summed E-state index contributed by atoms with van der Waals surface area (Å²) in [5.74, 6) is 6.51. The number of rotatable bonds is 0. The molecule has 0 heterocycles. The van der Waals surface area contributed by atoms with Crippen LogP contribution in [0.25, 0.3) is 6.08 Å². The molecule has 0 fully saturated rings. The van der Waals surface area contributed by atoms with E-state index in [9.17, 15) is 0 Å². The monoisotopic (exact) mass is 230 g/mol. The molecule has 0 amide bonds. The highest BCUT2D eigenvalue weighted by molar-refractivity contribution is 5.69. The lowest BCUT2D eigenvalue weighted by atomic mass is 10.0. The smallest absolute Gasteiger partial charge is 0.0324 e. The topological polar surface area (TPSA) is 0 Å². The van der Waals surface area contributed by atoms with E-state index in [0.29, 0.717) is 0 Å². The van der Waals surface area contributed by atoms with Crippen molar-refractivity contribution in [2.24, 2.45) is 0 Å². The van der Waals surface area contributed by atoms with E-state index in [-0.39, 0.29) is 0 Å². The van der Waals surface area contributed by atoms with E-state index in [1.807, 2.05) is 30.3 Å². The Kier molecular flexibility index (Phi) is 2.74. The summed E-state index contributed by atoms with van der Waals surface area (Å²) in [4.78, 5) is 0. The molecular weight excluding hydrogens is 216 g/mol. The molecular formula is C18H14. The summed E-state index contributed by atoms with van der Waals surface area (Å²) >= 11 is 0. The van der Waals surface area contributed by atoms with E-state index < -0.39 is 0 Å². The van der Waals surface area contributed by atoms with Crippen LogP contribution < -0.4 is 0 Å². The third-order valence-corrected chi connectivity index (χ3v) is 3.17. The van der Waals surface area contributed by atoms with Gasteiger partial charge < -0.3 is 0 Å². The molecule has 1 aliphatic rings. The van der Waals surface area contributed by atoms with Crippen LogP contribution >= 0.6 is 0 Å². The quantitative estimate of drug-likeness (QED) is 0.599. The molecule has 0 saturated carbocycles. The largest absolute Gasteiger partial charge is 0.0683 e. The number of benzene rings is 2. The predicted molar refractivity (Wildman–Crippen MR) is 76.2 cm³/mol. The highest BCUT2D eigenvalue weighted by Gasteiger charge is 2.11. The van der Waals surface area contributed by atoms with E-state index in [2.05, 4.69) is 43.0 Å². The molecule has 86 valence electrons. The van der Waals surface area contributed by atoms with Crippen molar-refractivity contribution in [2.45, 2.75) is 13.3 Å². The highest BCUT2D eigenvalue weighted by atomic mass is 14.1. The molecule has 0 N–H and O–H groups in total. The lowest BCUT2D eigenvalue weighted by Gasteiger charge is -2.00. The van der Waals surface area contributed by atoms with Gasteiger partial charge in [-0.05, 0) is 42.7 Å². The van der Waals surface area contributed by atoms with Crippen LogP contribution in [-0.4, -0.2) is 0 Å². The summed E-state index contributed by atoms with van der Waals surface area (Å²) in [7, 11) is 0. The lowest BCUT2D eigenvalue weighted by Crippen LogP contribution is -1.86. The molecule has 0 spiro atoms. The van der Waals surface area contributed by atoms with Crippen molar-refractivity contribution in [3.8, 4) is 11.8 Å². The average Bonchev–Trinajstić information content (AvgIpc) is 2.78. The summed E-state index contributed by atoms with van der Waals surface area (Å²) in [6.45, 7) is 2.18. The van der Waals surface area contributed by atoms with E-state index in [0.717, 1.165) is 17.5 Å². The summed E-state index contributed by atoms with van der Waals surface area (Å²) in [5.41, 5.74) is 6.31. The molecule has 0 bridgehead atoms. The molecule has 0 aromatic heterocycles. The Morgan fingerprint density at radius 3 is 2.56 bits per heavy atom. The standard InChI is InChI=1S/C18H14/c1-14-12-17-9-5-8-16(18(17)13-14)11-10-15-6-3-2-4-7-15/h2-9,13H,12H2,1H3. The maximum absolute atomic E-state index is 3.29. The van der Waals surface area contributed by atoms with Gasteiger partial charge in [-0.15, -0.1) is 0 Å². The number of hydrogen-bond acceptors (Lipinski definition) is 0. The minimum absolute atomic E-state index is 1.06. The normalized spacial score (nSPS) is 12.4. The Bertz CT molecular complexity index is 664. The molecule has 1 aliphatic carbocycles. The third-order valence-electron chi connectivity index (χ3n) is 3.17. The fourth-order valence-corrected chi connectivity index (χ4v) is 2.31. The van der Waals surface area contributed by atoms with Crippen molar-refractivity contribution in [3.05, 3.63) is 76.4 Å². The Morgan fingerprint density at radius 2 is 1.72 bits per heavy atom. The minimum Gasteiger partial charge on any atom is -0.0683 e. The zero-order valence-corrected chi connectivity index (χ0v) is 10.4. The van der Waals surface area contributed by atoms with Crippen LogP contribution in [0.1, 0.15) is 29.2 Å². The van der Waals surface area contributed by atoms with E-state index >= 15 is 0 Å². The third kappa shape index (κ3) is 2.08. The summed E-state index contributed by atoms with van der Waals surface area (Å²) in [6, 6.07) is 16.5. The first-order valence-electron chi connectivity index (χ1n) is 6.19. The fourth-order valence-electron chi connectivity index (χ4n) is 2.31. The van der Waals surface area contributed by atoms with Gasteiger partial charge in [-0.25, -0.2) is 0 Å². The van der Waals surface area contributed by atoms with Crippen molar-refractivity contribution in [2.75, 3.05) is 0 Å². The Balaban J connectivity index is 2.01. The van der Waals surface area contributed by atoms with Crippen LogP contribution in [0, 0.1) is 11.8 Å². The Hall–Kier alpha value is -2.26. The molecule has 0 heteroatoms. The maximum Gasteiger partial charge on any atom is 0.0324 e. The number of allylic oxidation sites excluding steroid dienone is 1. The minimum atomic E-state index is 1.06. The molecule has 2 aromatic rings. The van der Waals surface area contributed by atoms with E-state index in [4.69, 9.17) is 0 Å². The van der Waals surface area contributed by atoms with Gasteiger partial charge in [0.2, 0.25) is 0 Å². The first kappa shape index (κ1) is 10.9. The van der Waals surface area contributed by atoms with Crippen molar-refractivity contribution in [1.29, 1.82) is 0 Å². The van der Waals surface area contributed by atoms with Crippen molar-refractivity contribution in [3.63, 3.8) is 0 Å². The van der Waals surface area contributed by atoms with Gasteiger partial charge in [0.25, 0.3) is 0 Å². The van der Waals surface area contributed by atoms with Gasteiger partial charge >= 0.3 is 0 Å². The molecule has 2 aromatic carbocycles. The molecule has 18 heavy (non-hydrogen) atoms. The number of hydrogen-bond donors (Lipinski definition) is 0. The highest BCUT2D eigenvalue weighted by Crippen LogP contribution is 2.27. The second-order valence-electron chi connectivity index (χ2n) is 4.66. The molecule has 0 aliphatic heterocycles. The SMILES string of the molecule is CC1=Cc2c(C#Cc3ccccc3)cccc2C1. The van der Waals surface area contributed by atoms with Gasteiger partial charge in [0.15, 0.2) is 0 Å². The van der Waals surface area contributed by atoms with Gasteiger partial charge in [-0.3, -0.25) is 0 Å². The Labute approximate surface area is 108 Å². The van der Waals surface area contributed by atoms with Gasteiger partial charge in [-0.1, -0.05) is 53.8 Å². The lowest BCUT2D eigenvalue weighted by molar-refractivity contribution is 1.19. The molecule has 0 unspecified atom stereocenters. The van der Waals surface area contributed by atoms with Crippen LogP contribution in [0.3, 0.4) is 0 Å². The van der Waals surface area contributed by atoms with Crippen molar-refractivity contribution >= 4 is 6.08 Å². The maximum atomic E-state index is 3.29. The van der Waals surface area contributed by atoms with E-state index in [1.54, 1.807) is 0 Å². The molecule has 0 radical (unpaired) electrons. The van der Waals surface area contributed by atoms with Gasteiger partial charge in [0.1, 0.15) is 0 Å². The van der Waals surface area contributed by atoms with Crippen LogP contribution in [0.5, 0.6) is 0 Å². The van der Waals surface area contributed by atoms with Crippen LogP contribution in [0.4, 0.5) is 0 Å². The van der Waals surface area contributed by atoms with E-state index in [1.165, 1.54) is 16.7 Å². The second-order valence-corrected chi connectivity index (χ2v) is 4.66. The van der Waals surface area contributed by atoms with Gasteiger partial charge in [0, 0.05) is 11.1 Å². The summed E-state index contributed by atoms with van der Waals surface area (Å²) in [6.07, 6.45) is 3.32. The fraction of sp³-hybridized carbons (Fsp3) is 0.111. The van der Waals surface area contributed by atoms with Gasteiger partial charge in [-0.2, -0.15) is 0 Å². The van der Waals surface area contributed by atoms with Crippen LogP contribution in [0.15, 0.2) is 54.1 Å². The van der Waals surface area contributed by atoms with Gasteiger partial charge in [0.05, 0.1) is 0 Å².